The summed E-state index contributed by atoms with van der Waals surface area (Å²) in [6.07, 6.45) is -2.22. The monoisotopic (exact) mass is 492 g/mol. The van der Waals surface area contributed by atoms with E-state index in [1.807, 2.05) is 6.07 Å². The average molecular weight is 492 g/mol. The lowest BCUT2D eigenvalue weighted by Gasteiger charge is -2.50. The van der Waals surface area contributed by atoms with E-state index in [2.05, 4.69) is 0 Å². The van der Waals surface area contributed by atoms with Crippen molar-refractivity contribution in [2.24, 2.45) is 17.6 Å². The standard InChI is InChI=1S/C26H24N2O8/c1-9-11-7-12(10-5-3-2-4-6-10)19(27)22(32)16(11)21(31)18-15(9)20(30)13-8-14(29)17(25(28)35)23(33)26(13,36)24(18)34/h2-7,9,13,15,20,30-33,36H,8,27H2,1H3,(H2,28,35)/t9-,13+,15+,20+,26+/m0/s1. The Kier molecular flexibility index (Phi) is 5.03. The summed E-state index contributed by atoms with van der Waals surface area (Å²) < 4.78 is 0. The number of hydrogen-bond acceptors (Lipinski definition) is 9. The van der Waals surface area contributed by atoms with Crippen molar-refractivity contribution in [1.29, 1.82) is 0 Å². The van der Waals surface area contributed by atoms with Crippen molar-refractivity contribution in [3.63, 3.8) is 0 Å². The third-order valence-corrected chi connectivity index (χ3v) is 7.75. The van der Waals surface area contributed by atoms with E-state index in [9.17, 15) is 39.9 Å². The van der Waals surface area contributed by atoms with Gasteiger partial charge in [0.25, 0.3) is 5.91 Å². The molecular weight excluding hydrogens is 468 g/mol. The first kappa shape index (κ1) is 23.6. The minimum absolute atomic E-state index is 0.0554. The molecule has 0 aromatic heterocycles. The summed E-state index contributed by atoms with van der Waals surface area (Å²) in [6, 6.07) is 10.6. The zero-order valence-electron chi connectivity index (χ0n) is 19.1. The number of Topliss-reactive ketones (excluding diaryl/α,β-unsaturated/α-hetero) is 2. The molecule has 186 valence electrons. The summed E-state index contributed by atoms with van der Waals surface area (Å²) in [5, 5.41) is 55.5. The number of aliphatic hydroxyl groups is 4. The summed E-state index contributed by atoms with van der Waals surface area (Å²) in [6.45, 7) is 1.66. The molecule has 10 nitrogen and oxygen atoms in total. The number of anilines is 1. The molecule has 3 aliphatic carbocycles. The maximum atomic E-state index is 13.6. The molecule has 0 unspecified atom stereocenters. The summed E-state index contributed by atoms with van der Waals surface area (Å²) >= 11 is 0. The van der Waals surface area contributed by atoms with Gasteiger partial charge in [0.15, 0.2) is 11.4 Å². The Bertz CT molecular complexity index is 1430. The van der Waals surface area contributed by atoms with Crippen LogP contribution in [0.15, 0.2) is 53.3 Å². The van der Waals surface area contributed by atoms with Crippen LogP contribution in [0, 0.1) is 11.8 Å². The van der Waals surface area contributed by atoms with Crippen molar-refractivity contribution in [1.82, 2.24) is 0 Å². The quantitative estimate of drug-likeness (QED) is 0.182. The third-order valence-electron chi connectivity index (χ3n) is 7.75. The van der Waals surface area contributed by atoms with Gasteiger partial charge in [-0.25, -0.2) is 0 Å². The van der Waals surface area contributed by atoms with Gasteiger partial charge in [-0.2, -0.15) is 0 Å². The highest BCUT2D eigenvalue weighted by molar-refractivity contribution is 6.23. The van der Waals surface area contributed by atoms with E-state index in [0.29, 0.717) is 16.7 Å². The Hall–Kier alpha value is -4.15. The van der Waals surface area contributed by atoms with Gasteiger partial charge in [-0.1, -0.05) is 37.3 Å². The third kappa shape index (κ3) is 2.82. The van der Waals surface area contributed by atoms with Crippen LogP contribution in [0.5, 0.6) is 5.75 Å². The molecule has 2 aromatic rings. The highest BCUT2D eigenvalue weighted by Gasteiger charge is 2.64. The van der Waals surface area contributed by atoms with Gasteiger partial charge in [0.2, 0.25) is 5.78 Å². The fraction of sp³-hybridized carbons (Fsp3) is 0.269. The molecule has 2 aromatic carbocycles. The van der Waals surface area contributed by atoms with Crippen molar-refractivity contribution < 1.29 is 39.9 Å². The zero-order chi connectivity index (χ0) is 26.3. The summed E-state index contributed by atoms with van der Waals surface area (Å²) in [7, 11) is 0. The molecule has 1 amide bonds. The first-order valence-electron chi connectivity index (χ1n) is 11.3. The van der Waals surface area contributed by atoms with E-state index in [4.69, 9.17) is 11.5 Å². The number of carbonyl (C=O) groups is 3. The predicted octanol–water partition coefficient (Wildman–Crippen LogP) is 1.20. The number of phenolic OH excluding ortho intramolecular Hbond substituents is 1. The van der Waals surface area contributed by atoms with Crippen LogP contribution in [0.25, 0.3) is 16.9 Å². The van der Waals surface area contributed by atoms with Crippen LogP contribution in [-0.2, 0) is 14.4 Å². The van der Waals surface area contributed by atoms with E-state index in [-0.39, 0.29) is 11.3 Å². The van der Waals surface area contributed by atoms with E-state index in [1.165, 1.54) is 0 Å². The Morgan fingerprint density at radius 2 is 1.75 bits per heavy atom. The van der Waals surface area contributed by atoms with Crippen molar-refractivity contribution in [2.45, 2.75) is 31.0 Å². The van der Waals surface area contributed by atoms with Gasteiger partial charge >= 0.3 is 0 Å². The smallest absolute Gasteiger partial charge is 0.255 e. The van der Waals surface area contributed by atoms with Crippen LogP contribution >= 0.6 is 0 Å². The number of aliphatic hydroxyl groups excluding tert-OH is 3. The number of amides is 1. The number of phenols is 1. The molecule has 36 heavy (non-hydrogen) atoms. The van der Waals surface area contributed by atoms with Crippen molar-refractivity contribution >= 4 is 28.9 Å². The fourth-order valence-electron chi connectivity index (χ4n) is 5.93. The van der Waals surface area contributed by atoms with E-state index in [1.54, 1.807) is 37.3 Å². The number of rotatable bonds is 2. The second kappa shape index (κ2) is 7.67. The van der Waals surface area contributed by atoms with Gasteiger partial charge in [0.05, 0.1) is 17.4 Å². The van der Waals surface area contributed by atoms with E-state index < -0.39 is 81.8 Å². The van der Waals surface area contributed by atoms with Gasteiger partial charge in [-0.3, -0.25) is 14.4 Å². The Balaban J connectivity index is 1.77. The highest BCUT2D eigenvalue weighted by atomic mass is 16.4. The molecule has 0 radical (unpaired) electrons. The van der Waals surface area contributed by atoms with Crippen LogP contribution in [0.1, 0.15) is 30.4 Å². The van der Waals surface area contributed by atoms with Gasteiger partial charge in [0, 0.05) is 29.4 Å². The normalized spacial score (nSPS) is 29.5. The SMILES string of the molecule is C[C@H]1c2cc(-c3ccccc3)c(N)c(O)c2C(O)=C2C(=O)[C@]3(O)C(O)=C(C(N)=O)C(=O)C[C@@H]3[C@@H](O)[C@@H]21. The Morgan fingerprint density at radius 3 is 2.36 bits per heavy atom. The van der Waals surface area contributed by atoms with Crippen molar-refractivity contribution in [3.8, 4) is 16.9 Å². The summed E-state index contributed by atoms with van der Waals surface area (Å²) in [5.74, 6) is -9.23. The minimum atomic E-state index is -2.88. The Morgan fingerprint density at radius 1 is 1.11 bits per heavy atom. The van der Waals surface area contributed by atoms with E-state index in [0.717, 1.165) is 0 Å². The molecule has 3 aliphatic rings. The molecule has 10 heteroatoms. The molecule has 0 bridgehead atoms. The highest BCUT2D eigenvalue weighted by Crippen LogP contribution is 2.57. The second-order valence-electron chi connectivity index (χ2n) is 9.50. The van der Waals surface area contributed by atoms with E-state index >= 15 is 0 Å². The maximum Gasteiger partial charge on any atom is 0.255 e. The second-order valence-corrected chi connectivity index (χ2v) is 9.50. The van der Waals surface area contributed by atoms with Crippen LogP contribution in [0.4, 0.5) is 5.69 Å². The number of primary amides is 1. The number of hydrogen-bond donors (Lipinski definition) is 7. The molecule has 0 spiro atoms. The molecular formula is C26H24N2O8. The molecule has 1 fully saturated rings. The van der Waals surface area contributed by atoms with Crippen LogP contribution in [-0.4, -0.2) is 54.7 Å². The molecule has 9 N–H and O–H groups in total. The minimum Gasteiger partial charge on any atom is -0.508 e. The maximum absolute atomic E-state index is 13.6. The number of aromatic hydroxyl groups is 1. The van der Waals surface area contributed by atoms with Gasteiger partial charge < -0.3 is 37.0 Å². The first-order chi connectivity index (χ1) is 16.9. The predicted molar refractivity (Wildman–Crippen MR) is 127 cm³/mol. The fourth-order valence-corrected chi connectivity index (χ4v) is 5.93. The number of carbonyl (C=O) groups excluding carboxylic acids is 3. The lowest BCUT2D eigenvalue weighted by molar-refractivity contribution is -0.160. The molecule has 0 heterocycles. The number of nitrogens with two attached hydrogens (primary N) is 2. The number of benzene rings is 2. The summed E-state index contributed by atoms with van der Waals surface area (Å²) in [5.41, 5.74) is 8.48. The lowest BCUT2D eigenvalue weighted by Crippen LogP contribution is -2.63. The van der Waals surface area contributed by atoms with Crippen molar-refractivity contribution in [3.05, 3.63) is 64.4 Å². The van der Waals surface area contributed by atoms with Gasteiger partial charge in [0.1, 0.15) is 22.8 Å². The van der Waals surface area contributed by atoms with Crippen LogP contribution in [0.3, 0.4) is 0 Å². The first-order valence-corrected chi connectivity index (χ1v) is 11.3. The van der Waals surface area contributed by atoms with Gasteiger partial charge in [-0.15, -0.1) is 0 Å². The topological polar surface area (TPSA) is 204 Å². The molecule has 5 atom stereocenters. The molecule has 0 saturated heterocycles. The zero-order valence-corrected chi connectivity index (χ0v) is 19.1. The Labute approximate surface area is 204 Å². The molecule has 5 rings (SSSR count). The van der Waals surface area contributed by atoms with Crippen LogP contribution in [0.2, 0.25) is 0 Å². The van der Waals surface area contributed by atoms with Crippen LogP contribution < -0.4 is 11.5 Å². The average Bonchev–Trinajstić information content (AvgIpc) is 2.83. The number of nitrogen functional groups attached to an aromatic ring is 1. The largest absolute Gasteiger partial charge is 0.508 e. The summed E-state index contributed by atoms with van der Waals surface area (Å²) in [4.78, 5) is 37.9. The van der Waals surface area contributed by atoms with Gasteiger partial charge in [-0.05, 0) is 23.1 Å². The number of ketones is 2. The molecule has 1 saturated carbocycles. The van der Waals surface area contributed by atoms with Crippen molar-refractivity contribution in [2.75, 3.05) is 5.73 Å². The number of fused-ring (bicyclic) bond motifs is 3. The molecule has 0 aliphatic heterocycles. The lowest BCUT2D eigenvalue weighted by atomic mass is 9.55.